The van der Waals surface area contributed by atoms with E-state index < -0.39 is 0 Å². The fourth-order valence-corrected chi connectivity index (χ4v) is 5.07. The van der Waals surface area contributed by atoms with E-state index in [2.05, 4.69) is 31.3 Å². The minimum Gasteiger partial charge on any atom is -0.367 e. The summed E-state index contributed by atoms with van der Waals surface area (Å²) in [6, 6.07) is 6.08. The maximum absolute atomic E-state index is 12.9. The molecule has 4 heterocycles. The first kappa shape index (κ1) is 23.8. The smallest absolute Gasteiger partial charge is 0.270 e. The highest BCUT2D eigenvalue weighted by molar-refractivity contribution is 5.98. The Hall–Kier alpha value is -3.95. The van der Waals surface area contributed by atoms with Gasteiger partial charge in [0.2, 0.25) is 11.9 Å². The van der Waals surface area contributed by atoms with Gasteiger partial charge in [0.25, 0.3) is 5.91 Å². The molecule has 0 aromatic carbocycles. The van der Waals surface area contributed by atoms with Crippen LogP contribution in [-0.4, -0.2) is 81.4 Å². The maximum Gasteiger partial charge on any atom is 0.270 e. The third-order valence-electron chi connectivity index (χ3n) is 7.01. The Labute approximate surface area is 210 Å². The van der Waals surface area contributed by atoms with Crippen molar-refractivity contribution in [3.05, 3.63) is 48.9 Å². The molecule has 3 aromatic heterocycles. The number of piperazine rings is 1. The third kappa shape index (κ3) is 4.62. The molecule has 188 valence electrons. The largest absolute Gasteiger partial charge is 0.367 e. The molecule has 1 saturated carbocycles. The lowest BCUT2D eigenvalue weighted by molar-refractivity contribution is -0.126. The molecule has 2 fully saturated rings. The summed E-state index contributed by atoms with van der Waals surface area (Å²) in [7, 11) is 3.54. The molecular formula is C26H32N8O2. The predicted molar refractivity (Wildman–Crippen MR) is 140 cm³/mol. The highest BCUT2D eigenvalue weighted by Crippen LogP contribution is 2.35. The van der Waals surface area contributed by atoms with Crippen LogP contribution in [0.1, 0.15) is 42.2 Å². The Kier molecular flexibility index (Phi) is 6.58. The molecule has 0 spiro atoms. The lowest BCUT2D eigenvalue weighted by Gasteiger charge is -2.35. The summed E-state index contributed by atoms with van der Waals surface area (Å²) in [5, 5.41) is 4.07. The fraction of sp³-hybridized carbons (Fsp3) is 0.423. The molecule has 10 heteroatoms. The molecule has 0 atom stereocenters. The zero-order chi connectivity index (χ0) is 25.2. The number of anilines is 3. The monoisotopic (exact) mass is 488 g/mol. The van der Waals surface area contributed by atoms with E-state index in [-0.39, 0.29) is 17.9 Å². The zero-order valence-corrected chi connectivity index (χ0v) is 20.9. The Bertz CT molecular complexity index is 1270. The molecule has 0 bridgehead atoms. The van der Waals surface area contributed by atoms with Crippen LogP contribution in [0.3, 0.4) is 0 Å². The van der Waals surface area contributed by atoms with Crippen LogP contribution in [0.15, 0.2) is 43.2 Å². The normalized spacial score (nSPS) is 16.4. The van der Waals surface area contributed by atoms with Gasteiger partial charge in [-0.25, -0.2) is 9.97 Å². The molecule has 0 unspecified atom stereocenters. The van der Waals surface area contributed by atoms with E-state index in [4.69, 9.17) is 4.98 Å². The van der Waals surface area contributed by atoms with E-state index in [0.717, 1.165) is 55.5 Å². The van der Waals surface area contributed by atoms with Crippen LogP contribution in [0.4, 0.5) is 17.5 Å². The van der Waals surface area contributed by atoms with Crippen LogP contribution in [-0.2, 0) is 4.79 Å². The van der Waals surface area contributed by atoms with Gasteiger partial charge in [-0.2, -0.15) is 4.98 Å². The van der Waals surface area contributed by atoms with Crippen LogP contribution in [0, 0.1) is 0 Å². The number of nitrogens with one attached hydrogen (secondary N) is 1. The topological polar surface area (TPSA) is 99.5 Å². The van der Waals surface area contributed by atoms with Gasteiger partial charge in [-0.1, -0.05) is 19.4 Å². The molecule has 2 amide bonds. The van der Waals surface area contributed by atoms with Gasteiger partial charge in [-0.3, -0.25) is 9.59 Å². The Morgan fingerprint density at radius 3 is 2.47 bits per heavy atom. The standard InChI is InChI=1S/C26H32N8O2/c1-4-23(35)33-13-11-32(12-14-33)20-9-10-22(27-17-20)29-26-28-16-18-15-21(25(36)31(2)3)34(24(18)30-26)19-7-5-6-8-19/h4,9-10,15-17,19H,1,5-8,11-14H2,2-3H3,(H,27,28,29,30). The number of pyridine rings is 1. The van der Waals surface area contributed by atoms with Gasteiger partial charge in [-0.15, -0.1) is 0 Å². The second kappa shape index (κ2) is 9.96. The van der Waals surface area contributed by atoms with Crippen LogP contribution in [0.25, 0.3) is 11.0 Å². The van der Waals surface area contributed by atoms with Crippen LogP contribution in [0.5, 0.6) is 0 Å². The number of carbonyl (C=O) groups is 2. The van der Waals surface area contributed by atoms with E-state index in [1.807, 2.05) is 24.4 Å². The number of rotatable bonds is 6. The molecule has 1 aliphatic carbocycles. The highest BCUT2D eigenvalue weighted by atomic mass is 16.2. The van der Waals surface area contributed by atoms with Crippen molar-refractivity contribution in [2.24, 2.45) is 0 Å². The van der Waals surface area contributed by atoms with Crippen molar-refractivity contribution in [3.8, 4) is 0 Å². The zero-order valence-electron chi connectivity index (χ0n) is 20.9. The fourth-order valence-electron chi connectivity index (χ4n) is 5.07. The molecule has 3 aromatic rings. The number of fused-ring (bicyclic) bond motifs is 1. The van der Waals surface area contributed by atoms with Crippen LogP contribution in [0.2, 0.25) is 0 Å². The summed E-state index contributed by atoms with van der Waals surface area (Å²) < 4.78 is 2.10. The molecule has 1 aliphatic heterocycles. The van der Waals surface area contributed by atoms with Crippen molar-refractivity contribution in [1.82, 2.24) is 29.3 Å². The summed E-state index contributed by atoms with van der Waals surface area (Å²) in [6.45, 7) is 6.39. The van der Waals surface area contributed by atoms with E-state index in [1.54, 1.807) is 30.1 Å². The van der Waals surface area contributed by atoms with Gasteiger partial charge >= 0.3 is 0 Å². The Morgan fingerprint density at radius 1 is 1.08 bits per heavy atom. The second-order valence-electron chi connectivity index (χ2n) is 9.55. The van der Waals surface area contributed by atoms with Crippen molar-refractivity contribution in [2.45, 2.75) is 31.7 Å². The minimum absolute atomic E-state index is 0.0263. The van der Waals surface area contributed by atoms with Crippen molar-refractivity contribution < 1.29 is 9.59 Å². The number of amides is 2. The van der Waals surface area contributed by atoms with E-state index in [9.17, 15) is 9.59 Å². The van der Waals surface area contributed by atoms with Crippen molar-refractivity contribution in [2.75, 3.05) is 50.5 Å². The lowest BCUT2D eigenvalue weighted by atomic mass is 10.2. The van der Waals surface area contributed by atoms with E-state index in [1.165, 1.54) is 6.08 Å². The molecular weight excluding hydrogens is 456 g/mol. The summed E-state index contributed by atoms with van der Waals surface area (Å²) in [5.41, 5.74) is 2.43. The van der Waals surface area contributed by atoms with Crippen LogP contribution < -0.4 is 10.2 Å². The van der Waals surface area contributed by atoms with Crippen molar-refractivity contribution >= 4 is 40.3 Å². The minimum atomic E-state index is -0.0265. The number of hydrogen-bond acceptors (Lipinski definition) is 7. The van der Waals surface area contributed by atoms with Gasteiger partial charge in [0.1, 0.15) is 17.2 Å². The maximum atomic E-state index is 12.9. The van der Waals surface area contributed by atoms with Gasteiger partial charge in [-0.05, 0) is 37.1 Å². The molecule has 2 aliphatic rings. The number of nitrogens with zero attached hydrogens (tertiary/aromatic N) is 7. The molecule has 0 radical (unpaired) electrons. The average Bonchev–Trinajstić information content (AvgIpc) is 3.56. The Balaban J connectivity index is 1.34. The number of hydrogen-bond donors (Lipinski definition) is 1. The summed E-state index contributed by atoms with van der Waals surface area (Å²) in [6.07, 6.45) is 9.36. The molecule has 1 saturated heterocycles. The first-order chi connectivity index (χ1) is 17.4. The molecule has 1 N–H and O–H groups in total. The van der Waals surface area contributed by atoms with Gasteiger partial charge < -0.3 is 24.6 Å². The van der Waals surface area contributed by atoms with Gasteiger partial charge in [0.15, 0.2) is 0 Å². The Morgan fingerprint density at radius 2 is 1.83 bits per heavy atom. The average molecular weight is 489 g/mol. The second-order valence-corrected chi connectivity index (χ2v) is 9.55. The quantitative estimate of drug-likeness (QED) is 0.532. The number of aromatic nitrogens is 4. The van der Waals surface area contributed by atoms with E-state index in [0.29, 0.717) is 30.5 Å². The van der Waals surface area contributed by atoms with Crippen molar-refractivity contribution in [1.29, 1.82) is 0 Å². The van der Waals surface area contributed by atoms with E-state index >= 15 is 0 Å². The summed E-state index contributed by atoms with van der Waals surface area (Å²) in [5.74, 6) is 1.03. The van der Waals surface area contributed by atoms with Crippen molar-refractivity contribution in [3.63, 3.8) is 0 Å². The first-order valence-electron chi connectivity index (χ1n) is 12.4. The summed E-state index contributed by atoms with van der Waals surface area (Å²) in [4.78, 5) is 44.2. The molecule has 10 nitrogen and oxygen atoms in total. The van der Waals surface area contributed by atoms with Gasteiger partial charge in [0.05, 0.1) is 11.9 Å². The highest BCUT2D eigenvalue weighted by Gasteiger charge is 2.26. The SMILES string of the molecule is C=CC(=O)N1CCN(c2ccc(Nc3ncc4cc(C(=O)N(C)C)n(C5CCCC5)c4n3)nc2)CC1. The van der Waals surface area contributed by atoms with Crippen LogP contribution >= 0.6 is 0 Å². The lowest BCUT2D eigenvalue weighted by Crippen LogP contribution is -2.48. The molecule has 5 rings (SSSR count). The van der Waals surface area contributed by atoms with Gasteiger partial charge in [0, 0.05) is 57.9 Å². The molecule has 36 heavy (non-hydrogen) atoms. The summed E-state index contributed by atoms with van der Waals surface area (Å²) >= 11 is 0. The predicted octanol–water partition coefficient (Wildman–Crippen LogP) is 3.22. The third-order valence-corrected chi connectivity index (χ3v) is 7.01. The first-order valence-corrected chi connectivity index (χ1v) is 12.4. The number of carbonyl (C=O) groups excluding carboxylic acids is 2.